The molecule has 11 heavy (non-hydrogen) atoms. The molecule has 1 aliphatic rings. The van der Waals surface area contributed by atoms with Crippen molar-refractivity contribution < 1.29 is 0 Å². The van der Waals surface area contributed by atoms with Crippen molar-refractivity contribution in [1.82, 2.24) is 0 Å². The lowest BCUT2D eigenvalue weighted by atomic mass is 10.0. The van der Waals surface area contributed by atoms with Gasteiger partial charge < -0.3 is 0 Å². The Morgan fingerprint density at radius 3 is 1.18 bits per heavy atom. The van der Waals surface area contributed by atoms with Gasteiger partial charge in [-0.1, -0.05) is 41.5 Å². The van der Waals surface area contributed by atoms with Crippen molar-refractivity contribution in [2.45, 2.75) is 48.0 Å². The molecule has 0 radical (unpaired) electrons. The van der Waals surface area contributed by atoms with Gasteiger partial charge >= 0.3 is 0 Å². The van der Waals surface area contributed by atoms with E-state index in [1.807, 2.05) is 13.8 Å². The second-order valence-electron chi connectivity index (χ2n) is 4.05. The van der Waals surface area contributed by atoms with Crippen molar-refractivity contribution in [2.75, 3.05) is 0 Å². The number of hydrogen-bond donors (Lipinski definition) is 0. The van der Waals surface area contributed by atoms with E-state index in [-0.39, 0.29) is 0 Å². The van der Waals surface area contributed by atoms with E-state index in [4.69, 9.17) is 0 Å². The molecule has 0 aliphatic heterocycles. The minimum absolute atomic E-state index is 0.928. The summed E-state index contributed by atoms with van der Waals surface area (Å²) in [5, 5.41) is 0. The number of rotatable bonds is 2. The van der Waals surface area contributed by atoms with Gasteiger partial charge in [0.15, 0.2) is 0 Å². The van der Waals surface area contributed by atoms with Gasteiger partial charge in [-0.15, -0.1) is 0 Å². The molecule has 1 fully saturated rings. The van der Waals surface area contributed by atoms with Crippen LogP contribution in [0.5, 0.6) is 0 Å². The molecule has 0 spiro atoms. The summed E-state index contributed by atoms with van der Waals surface area (Å²) in [5.74, 6) is 3.98. The van der Waals surface area contributed by atoms with E-state index in [1.165, 1.54) is 6.42 Å². The zero-order chi connectivity index (χ0) is 9.02. The lowest BCUT2D eigenvalue weighted by molar-refractivity contribution is 0.448. The van der Waals surface area contributed by atoms with Gasteiger partial charge in [0.1, 0.15) is 0 Å². The van der Waals surface area contributed by atoms with E-state index in [9.17, 15) is 0 Å². The Hall–Kier alpha value is 0. The highest BCUT2D eigenvalue weighted by Gasteiger charge is 2.40. The molecule has 2 atom stereocenters. The standard InChI is InChI=1S/C9H18.C2H6/c1-6(2)8-5-9(8)7(3)4;1-2/h6-9H,5H2,1-4H3;1-2H3/t8-,9-;/m0./s1. The molecule has 0 saturated heterocycles. The molecule has 0 heterocycles. The predicted octanol–water partition coefficient (Wildman–Crippen LogP) is 3.96. The van der Waals surface area contributed by atoms with Gasteiger partial charge in [-0.2, -0.15) is 0 Å². The fourth-order valence-corrected chi connectivity index (χ4v) is 1.77. The Bertz CT molecular complexity index is 80.2. The Balaban J connectivity index is 0.000000461. The van der Waals surface area contributed by atoms with E-state index in [0.29, 0.717) is 0 Å². The van der Waals surface area contributed by atoms with Crippen LogP contribution < -0.4 is 0 Å². The zero-order valence-corrected chi connectivity index (χ0v) is 9.02. The van der Waals surface area contributed by atoms with E-state index in [1.54, 1.807) is 0 Å². The van der Waals surface area contributed by atoms with Crippen LogP contribution in [0.3, 0.4) is 0 Å². The Labute approximate surface area is 72.4 Å². The molecule has 0 aromatic rings. The summed E-state index contributed by atoms with van der Waals surface area (Å²) < 4.78 is 0. The molecule has 0 unspecified atom stereocenters. The highest BCUT2D eigenvalue weighted by molar-refractivity contribution is 4.89. The summed E-state index contributed by atoms with van der Waals surface area (Å²) in [6.07, 6.45) is 1.50. The van der Waals surface area contributed by atoms with E-state index < -0.39 is 0 Å². The Kier molecular flexibility index (Phi) is 4.79. The van der Waals surface area contributed by atoms with Crippen molar-refractivity contribution >= 4 is 0 Å². The monoisotopic (exact) mass is 156 g/mol. The van der Waals surface area contributed by atoms with Crippen LogP contribution in [0.2, 0.25) is 0 Å². The fourth-order valence-electron chi connectivity index (χ4n) is 1.77. The SMILES string of the molecule is CC.CC(C)[C@@H]1C[C@H]1C(C)C. The second kappa shape index (κ2) is 4.79. The summed E-state index contributed by atoms with van der Waals surface area (Å²) in [4.78, 5) is 0. The second-order valence-corrected chi connectivity index (χ2v) is 4.05. The minimum Gasteiger partial charge on any atom is -0.0683 e. The van der Waals surface area contributed by atoms with Gasteiger partial charge in [-0.05, 0) is 30.1 Å². The molecule has 0 aromatic heterocycles. The maximum atomic E-state index is 2.34. The van der Waals surface area contributed by atoms with E-state index in [2.05, 4.69) is 27.7 Å². The third-order valence-corrected chi connectivity index (χ3v) is 2.60. The van der Waals surface area contributed by atoms with E-state index >= 15 is 0 Å². The highest BCUT2D eigenvalue weighted by atomic mass is 14.5. The summed E-state index contributed by atoms with van der Waals surface area (Å²) >= 11 is 0. The van der Waals surface area contributed by atoms with Gasteiger partial charge in [0.2, 0.25) is 0 Å². The van der Waals surface area contributed by atoms with Crippen LogP contribution in [0.1, 0.15) is 48.0 Å². The summed E-state index contributed by atoms with van der Waals surface area (Å²) in [6.45, 7) is 13.4. The topological polar surface area (TPSA) is 0 Å². The summed E-state index contributed by atoms with van der Waals surface area (Å²) in [5.41, 5.74) is 0. The van der Waals surface area contributed by atoms with Crippen molar-refractivity contribution in [3.63, 3.8) is 0 Å². The summed E-state index contributed by atoms with van der Waals surface area (Å²) in [6, 6.07) is 0. The fraction of sp³-hybridized carbons (Fsp3) is 1.00. The Morgan fingerprint density at radius 1 is 0.818 bits per heavy atom. The maximum Gasteiger partial charge on any atom is -0.0357 e. The van der Waals surface area contributed by atoms with E-state index in [0.717, 1.165) is 23.7 Å². The minimum atomic E-state index is 0.928. The lowest BCUT2D eigenvalue weighted by Crippen LogP contribution is -1.97. The third kappa shape index (κ3) is 3.27. The predicted molar refractivity (Wildman–Crippen MR) is 52.6 cm³/mol. The molecule has 1 aliphatic carbocycles. The first-order valence-electron chi connectivity index (χ1n) is 5.13. The first-order valence-corrected chi connectivity index (χ1v) is 5.13. The van der Waals surface area contributed by atoms with Crippen molar-refractivity contribution in [3.05, 3.63) is 0 Å². The van der Waals surface area contributed by atoms with Crippen molar-refractivity contribution in [1.29, 1.82) is 0 Å². The van der Waals surface area contributed by atoms with Gasteiger partial charge in [0.25, 0.3) is 0 Å². The quantitative estimate of drug-likeness (QED) is 0.567. The lowest BCUT2D eigenvalue weighted by Gasteiger charge is -2.04. The van der Waals surface area contributed by atoms with Crippen LogP contribution >= 0.6 is 0 Å². The van der Waals surface area contributed by atoms with Gasteiger partial charge in [0.05, 0.1) is 0 Å². The summed E-state index contributed by atoms with van der Waals surface area (Å²) in [7, 11) is 0. The van der Waals surface area contributed by atoms with Crippen LogP contribution in [-0.4, -0.2) is 0 Å². The van der Waals surface area contributed by atoms with Crippen LogP contribution in [0.25, 0.3) is 0 Å². The first kappa shape index (κ1) is 11.0. The first-order chi connectivity index (χ1) is 5.13. The molecule has 0 aromatic carbocycles. The van der Waals surface area contributed by atoms with Crippen LogP contribution in [0, 0.1) is 23.7 Å². The molecule has 0 amide bonds. The highest BCUT2D eigenvalue weighted by Crippen LogP contribution is 2.48. The maximum absolute atomic E-state index is 2.34. The van der Waals surface area contributed by atoms with Crippen LogP contribution in [-0.2, 0) is 0 Å². The van der Waals surface area contributed by atoms with Gasteiger partial charge in [-0.3, -0.25) is 0 Å². The van der Waals surface area contributed by atoms with Crippen LogP contribution in [0.15, 0.2) is 0 Å². The molecular formula is C11H24. The molecule has 0 N–H and O–H groups in total. The molecule has 0 heteroatoms. The molecule has 0 bridgehead atoms. The molecule has 1 saturated carbocycles. The number of hydrogen-bond acceptors (Lipinski definition) is 0. The average molecular weight is 156 g/mol. The average Bonchev–Trinajstić information content (AvgIpc) is 2.69. The van der Waals surface area contributed by atoms with Crippen molar-refractivity contribution in [2.24, 2.45) is 23.7 Å². The molecule has 0 nitrogen and oxygen atoms in total. The third-order valence-electron chi connectivity index (χ3n) is 2.60. The van der Waals surface area contributed by atoms with Crippen molar-refractivity contribution in [3.8, 4) is 0 Å². The molecule has 68 valence electrons. The normalized spacial score (nSPS) is 28.4. The molecule has 1 rings (SSSR count). The Morgan fingerprint density at radius 2 is 1.09 bits per heavy atom. The smallest absolute Gasteiger partial charge is 0.0357 e. The zero-order valence-electron chi connectivity index (χ0n) is 9.02. The molecular weight excluding hydrogens is 132 g/mol. The van der Waals surface area contributed by atoms with Crippen LogP contribution in [0.4, 0.5) is 0 Å². The van der Waals surface area contributed by atoms with Gasteiger partial charge in [0, 0.05) is 0 Å². The van der Waals surface area contributed by atoms with Gasteiger partial charge in [-0.25, -0.2) is 0 Å². The largest absolute Gasteiger partial charge is 0.0683 e.